The van der Waals surface area contributed by atoms with E-state index in [0.29, 0.717) is 16.5 Å². The number of carbonyl (C=O) groups excluding carboxylic acids is 2. The van der Waals surface area contributed by atoms with Gasteiger partial charge in [0.25, 0.3) is 5.56 Å². The number of Topliss-reactive ketones (excluding diaryl/α,β-unsaturated/α-hetero) is 1. The number of aromatic nitrogens is 2. The standard InChI is InChI=1S/C19H15FN2O4/c1-22-19(25)15-8-3-2-7-14(15)16(21-22)10-18(24)26-11-17(23)12-5-4-6-13(20)9-12/h2-9H,10-11H2,1H3. The molecule has 7 heteroatoms. The Bertz CT molecular complexity index is 1060. The molecule has 0 N–H and O–H groups in total. The van der Waals surface area contributed by atoms with E-state index < -0.39 is 24.2 Å². The number of hydrogen-bond donors (Lipinski definition) is 0. The van der Waals surface area contributed by atoms with Crippen molar-refractivity contribution in [2.75, 3.05) is 6.61 Å². The molecule has 26 heavy (non-hydrogen) atoms. The van der Waals surface area contributed by atoms with Crippen molar-refractivity contribution in [1.29, 1.82) is 0 Å². The van der Waals surface area contributed by atoms with Crippen molar-refractivity contribution in [1.82, 2.24) is 9.78 Å². The lowest BCUT2D eigenvalue weighted by Crippen LogP contribution is -2.23. The Balaban J connectivity index is 1.73. The SMILES string of the molecule is Cn1nc(CC(=O)OCC(=O)c2cccc(F)c2)c2ccccc2c1=O. The minimum atomic E-state index is -0.661. The molecule has 3 aromatic rings. The molecule has 0 aliphatic carbocycles. The van der Waals surface area contributed by atoms with Crippen molar-refractivity contribution >= 4 is 22.5 Å². The van der Waals surface area contributed by atoms with E-state index in [1.807, 2.05) is 0 Å². The summed E-state index contributed by atoms with van der Waals surface area (Å²) < 4.78 is 19.3. The van der Waals surface area contributed by atoms with E-state index in [-0.39, 0.29) is 17.5 Å². The highest BCUT2D eigenvalue weighted by atomic mass is 19.1. The summed E-state index contributed by atoms with van der Waals surface area (Å²) in [5, 5.41) is 5.11. The molecule has 3 rings (SSSR count). The van der Waals surface area contributed by atoms with Crippen molar-refractivity contribution in [3.05, 3.63) is 76.0 Å². The summed E-state index contributed by atoms with van der Waals surface area (Å²) in [7, 11) is 1.50. The van der Waals surface area contributed by atoms with Gasteiger partial charge >= 0.3 is 5.97 Å². The van der Waals surface area contributed by atoms with Crippen molar-refractivity contribution in [3.63, 3.8) is 0 Å². The number of nitrogens with zero attached hydrogens (tertiary/aromatic N) is 2. The lowest BCUT2D eigenvalue weighted by Gasteiger charge is -2.08. The van der Waals surface area contributed by atoms with Crippen LogP contribution in [0.15, 0.2) is 53.3 Å². The molecule has 0 aliphatic heterocycles. The molecule has 6 nitrogen and oxygen atoms in total. The van der Waals surface area contributed by atoms with Gasteiger partial charge in [0, 0.05) is 18.0 Å². The number of fused-ring (bicyclic) bond motifs is 1. The highest BCUT2D eigenvalue weighted by Crippen LogP contribution is 2.14. The second-order valence-electron chi connectivity index (χ2n) is 5.69. The Kier molecular flexibility index (Phi) is 4.88. The number of halogens is 1. The first-order valence-corrected chi connectivity index (χ1v) is 7.85. The van der Waals surface area contributed by atoms with Crippen LogP contribution in [0.5, 0.6) is 0 Å². The average Bonchev–Trinajstić information content (AvgIpc) is 2.64. The quantitative estimate of drug-likeness (QED) is 0.518. The van der Waals surface area contributed by atoms with Crippen molar-refractivity contribution in [2.24, 2.45) is 7.05 Å². The van der Waals surface area contributed by atoms with Gasteiger partial charge in [-0.15, -0.1) is 0 Å². The summed E-state index contributed by atoms with van der Waals surface area (Å²) in [6.45, 7) is -0.494. The normalized spacial score (nSPS) is 10.7. The largest absolute Gasteiger partial charge is 0.457 e. The first-order valence-electron chi connectivity index (χ1n) is 7.85. The Morgan fingerprint density at radius 3 is 2.58 bits per heavy atom. The van der Waals surface area contributed by atoms with Crippen LogP contribution in [0.3, 0.4) is 0 Å². The topological polar surface area (TPSA) is 78.3 Å². The lowest BCUT2D eigenvalue weighted by molar-refractivity contribution is -0.141. The fraction of sp³-hybridized carbons (Fsp3) is 0.158. The van der Waals surface area contributed by atoms with Gasteiger partial charge in [-0.25, -0.2) is 9.07 Å². The maximum absolute atomic E-state index is 13.1. The first kappa shape index (κ1) is 17.5. The molecule has 0 amide bonds. The Labute approximate surface area is 147 Å². The number of rotatable bonds is 5. The van der Waals surface area contributed by atoms with Gasteiger partial charge in [0.1, 0.15) is 5.82 Å². The van der Waals surface area contributed by atoms with Gasteiger partial charge in [0.15, 0.2) is 12.4 Å². The van der Waals surface area contributed by atoms with Crippen LogP contribution >= 0.6 is 0 Å². The highest BCUT2D eigenvalue weighted by molar-refractivity contribution is 5.98. The van der Waals surface area contributed by atoms with E-state index >= 15 is 0 Å². The van der Waals surface area contributed by atoms with Crippen LogP contribution in [-0.2, 0) is 23.0 Å². The molecule has 0 radical (unpaired) electrons. The predicted molar refractivity (Wildman–Crippen MR) is 92.4 cm³/mol. The zero-order chi connectivity index (χ0) is 18.7. The van der Waals surface area contributed by atoms with Crippen LogP contribution in [0.1, 0.15) is 16.1 Å². The maximum atomic E-state index is 13.1. The number of esters is 1. The Hall–Kier alpha value is -3.35. The monoisotopic (exact) mass is 354 g/mol. The molecule has 0 fully saturated rings. The van der Waals surface area contributed by atoms with Crippen LogP contribution in [0.25, 0.3) is 10.8 Å². The third kappa shape index (κ3) is 3.66. The molecule has 0 bridgehead atoms. The molecule has 0 spiro atoms. The summed E-state index contributed by atoms with van der Waals surface area (Å²) in [5.41, 5.74) is 0.244. The number of carbonyl (C=O) groups is 2. The molecule has 0 saturated heterocycles. The summed E-state index contributed by atoms with van der Waals surface area (Å²) >= 11 is 0. The number of ether oxygens (including phenoxy) is 1. The minimum absolute atomic E-state index is 0.128. The predicted octanol–water partition coefficient (Wildman–Crippen LogP) is 2.04. The zero-order valence-corrected chi connectivity index (χ0v) is 13.9. The first-order chi connectivity index (χ1) is 12.5. The van der Waals surface area contributed by atoms with Crippen molar-refractivity contribution < 1.29 is 18.7 Å². The van der Waals surface area contributed by atoms with Crippen molar-refractivity contribution in [3.8, 4) is 0 Å². The van der Waals surface area contributed by atoms with Gasteiger partial charge in [-0.2, -0.15) is 5.10 Å². The molecule has 0 unspecified atom stereocenters. The summed E-state index contributed by atoms with van der Waals surface area (Å²) in [5.74, 6) is -1.70. The highest BCUT2D eigenvalue weighted by Gasteiger charge is 2.15. The molecule has 1 aromatic heterocycles. The average molecular weight is 354 g/mol. The second kappa shape index (κ2) is 7.26. The van der Waals surface area contributed by atoms with Gasteiger partial charge in [-0.1, -0.05) is 30.3 Å². The van der Waals surface area contributed by atoms with Gasteiger partial charge in [0.05, 0.1) is 17.5 Å². The summed E-state index contributed by atoms with van der Waals surface area (Å²) in [4.78, 5) is 36.1. The molecule has 1 heterocycles. The summed E-state index contributed by atoms with van der Waals surface area (Å²) in [6, 6.07) is 12.0. The van der Waals surface area contributed by atoms with E-state index in [4.69, 9.17) is 4.74 Å². The van der Waals surface area contributed by atoms with E-state index in [2.05, 4.69) is 5.10 Å². The van der Waals surface area contributed by atoms with Gasteiger partial charge in [-0.05, 0) is 18.2 Å². The number of hydrogen-bond acceptors (Lipinski definition) is 5. The van der Waals surface area contributed by atoms with E-state index in [1.165, 1.54) is 25.2 Å². The Morgan fingerprint density at radius 1 is 1.12 bits per heavy atom. The molecule has 0 saturated carbocycles. The van der Waals surface area contributed by atoms with Crippen LogP contribution in [0.2, 0.25) is 0 Å². The molecule has 0 aliphatic rings. The fourth-order valence-electron chi connectivity index (χ4n) is 2.59. The number of ketones is 1. The number of benzene rings is 2. The molecule has 0 atom stereocenters. The summed E-state index contributed by atoms with van der Waals surface area (Å²) in [6.07, 6.45) is -0.189. The second-order valence-corrected chi connectivity index (χ2v) is 5.69. The smallest absolute Gasteiger partial charge is 0.312 e. The van der Waals surface area contributed by atoms with Crippen LogP contribution in [0, 0.1) is 5.82 Å². The number of aryl methyl sites for hydroxylation is 1. The van der Waals surface area contributed by atoms with E-state index in [0.717, 1.165) is 10.7 Å². The molecule has 2 aromatic carbocycles. The Morgan fingerprint density at radius 2 is 1.85 bits per heavy atom. The van der Waals surface area contributed by atoms with Gasteiger partial charge in [0.2, 0.25) is 0 Å². The van der Waals surface area contributed by atoms with Crippen LogP contribution < -0.4 is 5.56 Å². The van der Waals surface area contributed by atoms with Crippen molar-refractivity contribution in [2.45, 2.75) is 6.42 Å². The van der Waals surface area contributed by atoms with E-state index in [9.17, 15) is 18.8 Å². The van der Waals surface area contributed by atoms with Crippen LogP contribution in [-0.4, -0.2) is 28.1 Å². The third-order valence-corrected chi connectivity index (χ3v) is 3.86. The molecular weight excluding hydrogens is 339 g/mol. The van der Waals surface area contributed by atoms with E-state index in [1.54, 1.807) is 24.3 Å². The lowest BCUT2D eigenvalue weighted by atomic mass is 10.1. The van der Waals surface area contributed by atoms with Crippen LogP contribution in [0.4, 0.5) is 4.39 Å². The molecular formula is C19H15FN2O4. The molecule has 132 valence electrons. The minimum Gasteiger partial charge on any atom is -0.457 e. The fourth-order valence-corrected chi connectivity index (χ4v) is 2.59. The van der Waals surface area contributed by atoms with Gasteiger partial charge < -0.3 is 4.74 Å². The van der Waals surface area contributed by atoms with Gasteiger partial charge in [-0.3, -0.25) is 14.4 Å². The zero-order valence-electron chi connectivity index (χ0n) is 13.9. The maximum Gasteiger partial charge on any atom is 0.312 e. The third-order valence-electron chi connectivity index (χ3n) is 3.86.